The lowest BCUT2D eigenvalue weighted by Crippen LogP contribution is -2.05. The maximum absolute atomic E-state index is 11.0. The number of imidazole rings is 1. The van der Waals surface area contributed by atoms with E-state index in [0.29, 0.717) is 12.2 Å². The average molecular weight is 267 g/mol. The van der Waals surface area contributed by atoms with Crippen LogP contribution in [-0.2, 0) is 6.42 Å². The second-order valence-electron chi connectivity index (χ2n) is 3.76. The normalized spacial score (nSPS) is 10.6. The molecule has 0 N–H and O–H groups in total. The number of hydrogen-bond acceptors (Lipinski definition) is 4. The van der Waals surface area contributed by atoms with Crippen molar-refractivity contribution in [2.45, 2.75) is 20.3 Å². The van der Waals surface area contributed by atoms with Gasteiger partial charge in [-0.15, -0.1) is 0 Å². The van der Waals surface area contributed by atoms with E-state index in [-0.39, 0.29) is 16.7 Å². The highest BCUT2D eigenvalue weighted by Gasteiger charge is 2.19. The highest BCUT2D eigenvalue weighted by atomic mass is 35.5. The van der Waals surface area contributed by atoms with Gasteiger partial charge in [0, 0.05) is 18.7 Å². The first-order valence-electron chi connectivity index (χ1n) is 5.39. The van der Waals surface area contributed by atoms with Crippen LogP contribution in [0.25, 0.3) is 5.82 Å². The number of halogens is 1. The first-order valence-corrected chi connectivity index (χ1v) is 5.77. The molecule has 0 aromatic carbocycles. The molecule has 0 aliphatic heterocycles. The van der Waals surface area contributed by atoms with Gasteiger partial charge in [0.2, 0.25) is 5.82 Å². The van der Waals surface area contributed by atoms with Gasteiger partial charge in [0.15, 0.2) is 0 Å². The molecule has 0 aliphatic carbocycles. The van der Waals surface area contributed by atoms with Crippen LogP contribution < -0.4 is 0 Å². The molecule has 6 nitrogen and oxygen atoms in total. The van der Waals surface area contributed by atoms with Crippen molar-refractivity contribution in [2.24, 2.45) is 0 Å². The van der Waals surface area contributed by atoms with E-state index in [4.69, 9.17) is 11.6 Å². The third kappa shape index (κ3) is 2.19. The molecule has 0 atom stereocenters. The van der Waals surface area contributed by atoms with E-state index < -0.39 is 4.92 Å². The van der Waals surface area contributed by atoms with E-state index in [2.05, 4.69) is 9.97 Å². The van der Waals surface area contributed by atoms with Crippen molar-refractivity contribution >= 4 is 17.3 Å². The predicted molar refractivity (Wildman–Crippen MR) is 67.1 cm³/mol. The summed E-state index contributed by atoms with van der Waals surface area (Å²) in [6.07, 6.45) is 2.36. The minimum absolute atomic E-state index is 0.0912. The Morgan fingerprint density at radius 3 is 2.78 bits per heavy atom. The lowest BCUT2D eigenvalue weighted by Gasteiger charge is -2.06. The van der Waals surface area contributed by atoms with Gasteiger partial charge in [-0.1, -0.05) is 18.5 Å². The summed E-state index contributed by atoms with van der Waals surface area (Å²) >= 11 is 5.81. The van der Waals surface area contributed by atoms with Crippen LogP contribution in [0.5, 0.6) is 0 Å². The molecule has 0 radical (unpaired) electrons. The summed E-state index contributed by atoms with van der Waals surface area (Å²) in [6, 6.07) is 2.75. The molecule has 0 unspecified atom stereocenters. The molecule has 2 heterocycles. The number of nitro groups is 1. The fraction of sp³-hybridized carbons (Fsp3) is 0.273. The second kappa shape index (κ2) is 4.73. The van der Waals surface area contributed by atoms with Crippen LogP contribution in [0.15, 0.2) is 18.3 Å². The van der Waals surface area contributed by atoms with E-state index >= 15 is 0 Å². The fourth-order valence-electron chi connectivity index (χ4n) is 1.72. The lowest BCUT2D eigenvalue weighted by atomic mass is 10.3. The van der Waals surface area contributed by atoms with Crippen LogP contribution >= 0.6 is 11.6 Å². The Balaban J connectivity index is 2.68. The monoisotopic (exact) mass is 266 g/mol. The zero-order chi connectivity index (χ0) is 13.3. The maximum atomic E-state index is 11.0. The summed E-state index contributed by atoms with van der Waals surface area (Å²) in [6.45, 7) is 3.75. The molecular weight excluding hydrogens is 256 g/mol. The van der Waals surface area contributed by atoms with Crippen LogP contribution in [-0.4, -0.2) is 19.5 Å². The largest absolute Gasteiger partial charge is 0.312 e. The highest BCUT2D eigenvalue weighted by molar-refractivity contribution is 6.29. The maximum Gasteiger partial charge on any atom is 0.312 e. The van der Waals surface area contributed by atoms with Gasteiger partial charge in [0.05, 0.1) is 10.6 Å². The van der Waals surface area contributed by atoms with Crippen molar-refractivity contribution in [3.05, 3.63) is 45.1 Å². The van der Waals surface area contributed by atoms with Crippen molar-refractivity contribution in [2.75, 3.05) is 0 Å². The summed E-state index contributed by atoms with van der Waals surface area (Å²) in [5.41, 5.74) is 0.689. The molecule has 2 rings (SSSR count). The van der Waals surface area contributed by atoms with Crippen LogP contribution in [0.4, 0.5) is 5.69 Å². The first-order chi connectivity index (χ1) is 8.52. The number of aromatic nitrogens is 3. The number of pyridine rings is 1. The Morgan fingerprint density at radius 2 is 2.17 bits per heavy atom. The Labute approximate surface area is 108 Å². The van der Waals surface area contributed by atoms with Crippen molar-refractivity contribution in [3.63, 3.8) is 0 Å². The standard InChI is InChI=1S/C11H11ClN4O2/c1-3-10-13-7(2)6-15(10)11-8(16(17)18)4-5-9(12)14-11/h4-6H,3H2,1-2H3. The van der Waals surface area contributed by atoms with E-state index in [1.807, 2.05) is 13.8 Å². The van der Waals surface area contributed by atoms with Gasteiger partial charge in [-0.05, 0) is 13.0 Å². The van der Waals surface area contributed by atoms with Crippen molar-refractivity contribution in [3.8, 4) is 5.82 Å². The Bertz CT molecular complexity index is 609. The van der Waals surface area contributed by atoms with Gasteiger partial charge < -0.3 is 0 Å². The Hall–Kier alpha value is -1.95. The second-order valence-corrected chi connectivity index (χ2v) is 4.14. The molecule has 0 fully saturated rings. The van der Waals surface area contributed by atoms with E-state index in [1.165, 1.54) is 12.1 Å². The van der Waals surface area contributed by atoms with Gasteiger partial charge >= 0.3 is 5.69 Å². The zero-order valence-corrected chi connectivity index (χ0v) is 10.7. The van der Waals surface area contributed by atoms with Gasteiger partial charge in [-0.25, -0.2) is 9.97 Å². The number of hydrogen-bond donors (Lipinski definition) is 0. The first kappa shape index (κ1) is 12.5. The van der Waals surface area contributed by atoms with Crippen LogP contribution in [0, 0.1) is 17.0 Å². The molecule has 0 saturated carbocycles. The van der Waals surface area contributed by atoms with E-state index in [1.54, 1.807) is 10.8 Å². The van der Waals surface area contributed by atoms with Crippen LogP contribution in [0.2, 0.25) is 5.15 Å². The molecule has 7 heteroatoms. The van der Waals surface area contributed by atoms with Crippen molar-refractivity contribution < 1.29 is 4.92 Å². The highest BCUT2D eigenvalue weighted by Crippen LogP contribution is 2.24. The third-order valence-corrected chi connectivity index (χ3v) is 2.67. The molecule has 18 heavy (non-hydrogen) atoms. The number of rotatable bonds is 3. The molecule has 2 aromatic rings. The molecule has 0 aliphatic rings. The van der Waals surface area contributed by atoms with Crippen molar-refractivity contribution in [1.82, 2.24) is 14.5 Å². The number of nitrogens with zero attached hydrogens (tertiary/aromatic N) is 4. The summed E-state index contributed by atoms with van der Waals surface area (Å²) < 4.78 is 1.61. The molecule has 94 valence electrons. The predicted octanol–water partition coefficient (Wildman–Crippen LogP) is 2.70. The molecular formula is C11H11ClN4O2. The molecule has 0 spiro atoms. The van der Waals surface area contributed by atoms with Crippen molar-refractivity contribution in [1.29, 1.82) is 0 Å². The third-order valence-electron chi connectivity index (χ3n) is 2.46. The summed E-state index contributed by atoms with van der Waals surface area (Å²) in [5, 5.41) is 11.2. The summed E-state index contributed by atoms with van der Waals surface area (Å²) in [7, 11) is 0. The van der Waals surface area contributed by atoms with E-state index in [9.17, 15) is 10.1 Å². The smallest absolute Gasteiger partial charge is 0.282 e. The molecule has 0 amide bonds. The van der Waals surface area contributed by atoms with Gasteiger partial charge in [0.25, 0.3) is 0 Å². The van der Waals surface area contributed by atoms with Crippen LogP contribution in [0.3, 0.4) is 0 Å². The zero-order valence-electron chi connectivity index (χ0n) is 9.92. The van der Waals surface area contributed by atoms with Gasteiger partial charge in [0.1, 0.15) is 11.0 Å². The van der Waals surface area contributed by atoms with Crippen LogP contribution in [0.1, 0.15) is 18.4 Å². The summed E-state index contributed by atoms with van der Waals surface area (Å²) in [4.78, 5) is 18.8. The minimum atomic E-state index is -0.479. The molecule has 0 bridgehead atoms. The molecule has 2 aromatic heterocycles. The molecule has 0 saturated heterocycles. The Kier molecular flexibility index (Phi) is 3.29. The van der Waals surface area contributed by atoms with Gasteiger partial charge in [-0.2, -0.15) is 0 Å². The SMILES string of the molecule is CCc1nc(C)cn1-c1nc(Cl)ccc1[N+](=O)[O-]. The topological polar surface area (TPSA) is 73.8 Å². The minimum Gasteiger partial charge on any atom is -0.282 e. The lowest BCUT2D eigenvalue weighted by molar-refractivity contribution is -0.384. The fourth-order valence-corrected chi connectivity index (χ4v) is 1.86. The van der Waals surface area contributed by atoms with E-state index in [0.717, 1.165) is 5.69 Å². The summed E-state index contributed by atoms with van der Waals surface area (Å²) in [5.74, 6) is 0.912. The average Bonchev–Trinajstić information content (AvgIpc) is 2.69. The number of aryl methyl sites for hydroxylation is 2. The van der Waals surface area contributed by atoms with Gasteiger partial charge in [-0.3, -0.25) is 14.7 Å². The Morgan fingerprint density at radius 1 is 1.44 bits per heavy atom. The quantitative estimate of drug-likeness (QED) is 0.486.